The fourth-order valence-corrected chi connectivity index (χ4v) is 2.51. The van der Waals surface area contributed by atoms with Gasteiger partial charge in [-0.3, -0.25) is 4.79 Å². The average Bonchev–Trinajstić information content (AvgIpc) is 2.23. The molecule has 0 spiro atoms. The summed E-state index contributed by atoms with van der Waals surface area (Å²) in [6.45, 7) is 6.84. The third-order valence-electron chi connectivity index (χ3n) is 2.75. The van der Waals surface area contributed by atoms with Crippen LogP contribution in [0.25, 0.3) is 0 Å². The first-order chi connectivity index (χ1) is 7.93. The summed E-state index contributed by atoms with van der Waals surface area (Å²) in [6, 6.07) is 0. The highest BCUT2D eigenvalue weighted by Crippen LogP contribution is 2.15. The zero-order valence-electron chi connectivity index (χ0n) is 12.1. The first kappa shape index (κ1) is 20.4. The van der Waals surface area contributed by atoms with E-state index in [1.807, 2.05) is 18.7 Å². The van der Waals surface area contributed by atoms with E-state index in [-0.39, 0.29) is 23.9 Å². The van der Waals surface area contributed by atoms with Crippen LogP contribution in [0.4, 0.5) is 0 Å². The van der Waals surface area contributed by atoms with Crippen LogP contribution < -0.4 is 11.1 Å². The smallest absolute Gasteiger partial charge is 0.220 e. The van der Waals surface area contributed by atoms with Crippen LogP contribution in [0, 0.1) is 5.92 Å². The molecular formula is C13H29ClN2OS. The molecule has 1 unspecified atom stereocenters. The molecule has 0 aromatic rings. The maximum atomic E-state index is 11.8. The molecule has 0 saturated carbocycles. The minimum absolute atomic E-state index is 0. The van der Waals surface area contributed by atoms with Gasteiger partial charge in [0.05, 0.1) is 0 Å². The fourth-order valence-electron chi connectivity index (χ4n) is 2.02. The number of carbonyl (C=O) groups is 1. The van der Waals surface area contributed by atoms with E-state index >= 15 is 0 Å². The third-order valence-corrected chi connectivity index (χ3v) is 3.45. The number of amides is 1. The van der Waals surface area contributed by atoms with Crippen molar-refractivity contribution in [3.63, 3.8) is 0 Å². The molecule has 0 bridgehead atoms. The monoisotopic (exact) mass is 296 g/mol. The third kappa shape index (κ3) is 10.0. The zero-order valence-corrected chi connectivity index (χ0v) is 13.8. The Balaban J connectivity index is 0. The van der Waals surface area contributed by atoms with E-state index in [1.54, 1.807) is 0 Å². The Morgan fingerprint density at radius 2 is 2.00 bits per heavy atom. The van der Waals surface area contributed by atoms with Crippen LogP contribution in [0.1, 0.15) is 46.5 Å². The molecule has 0 heterocycles. The maximum Gasteiger partial charge on any atom is 0.220 e. The quantitative estimate of drug-likeness (QED) is 0.643. The Hall–Kier alpha value is 0.0700. The van der Waals surface area contributed by atoms with Crippen molar-refractivity contribution >= 4 is 30.1 Å². The number of rotatable bonds is 9. The van der Waals surface area contributed by atoms with Crippen molar-refractivity contribution in [3.05, 3.63) is 0 Å². The molecule has 0 aliphatic carbocycles. The minimum atomic E-state index is -0.245. The van der Waals surface area contributed by atoms with E-state index in [9.17, 15) is 4.79 Å². The van der Waals surface area contributed by atoms with Gasteiger partial charge in [0.2, 0.25) is 5.91 Å². The first-order valence-corrected chi connectivity index (χ1v) is 7.83. The van der Waals surface area contributed by atoms with Crippen molar-refractivity contribution in [1.29, 1.82) is 0 Å². The highest BCUT2D eigenvalue weighted by Gasteiger charge is 2.25. The number of nitrogens with one attached hydrogen (secondary N) is 1. The number of hydrogen-bond donors (Lipinski definition) is 2. The molecule has 1 amide bonds. The second-order valence-electron chi connectivity index (χ2n) is 5.36. The highest BCUT2D eigenvalue weighted by atomic mass is 35.5. The van der Waals surface area contributed by atoms with Gasteiger partial charge in [-0.25, -0.2) is 0 Å². The molecule has 0 aromatic carbocycles. The number of halogens is 1. The van der Waals surface area contributed by atoms with Crippen LogP contribution in [0.5, 0.6) is 0 Å². The van der Waals surface area contributed by atoms with Gasteiger partial charge in [0.1, 0.15) is 0 Å². The van der Waals surface area contributed by atoms with Gasteiger partial charge >= 0.3 is 0 Å². The highest BCUT2D eigenvalue weighted by molar-refractivity contribution is 7.98. The van der Waals surface area contributed by atoms with Gasteiger partial charge in [0.25, 0.3) is 0 Å². The van der Waals surface area contributed by atoms with Crippen LogP contribution in [0.3, 0.4) is 0 Å². The van der Waals surface area contributed by atoms with Gasteiger partial charge < -0.3 is 11.1 Å². The summed E-state index contributed by atoms with van der Waals surface area (Å²) in [7, 11) is 0. The maximum absolute atomic E-state index is 11.8. The normalized spacial score (nSPS) is 13.9. The van der Waals surface area contributed by atoms with Gasteiger partial charge in [-0.1, -0.05) is 13.8 Å². The summed E-state index contributed by atoms with van der Waals surface area (Å²) in [5, 5.41) is 3.08. The van der Waals surface area contributed by atoms with Crippen LogP contribution in [-0.2, 0) is 4.79 Å². The van der Waals surface area contributed by atoms with Crippen LogP contribution >= 0.6 is 24.2 Å². The number of unbranched alkanes of at least 4 members (excludes halogenated alkanes) is 1. The zero-order chi connectivity index (χ0) is 13.3. The molecule has 1 atom stereocenters. The van der Waals surface area contributed by atoms with Gasteiger partial charge in [0, 0.05) is 18.5 Å². The molecule has 18 heavy (non-hydrogen) atoms. The second kappa shape index (κ2) is 10.9. The Morgan fingerprint density at radius 1 is 1.39 bits per heavy atom. The number of thioether (sulfide) groups is 1. The molecule has 3 nitrogen and oxygen atoms in total. The summed E-state index contributed by atoms with van der Waals surface area (Å²) in [4.78, 5) is 11.8. The predicted octanol–water partition coefficient (Wildman–Crippen LogP) is 2.82. The lowest BCUT2D eigenvalue weighted by Gasteiger charge is -2.31. The molecule has 110 valence electrons. The first-order valence-electron chi connectivity index (χ1n) is 6.43. The largest absolute Gasteiger partial charge is 0.350 e. The molecule has 5 heteroatoms. The van der Waals surface area contributed by atoms with Gasteiger partial charge in [-0.15, -0.1) is 12.4 Å². The molecule has 0 aliphatic rings. The Labute approximate surface area is 122 Å². The van der Waals surface area contributed by atoms with Crippen LogP contribution in [0.15, 0.2) is 0 Å². The molecule has 0 aliphatic heterocycles. The molecule has 0 radical (unpaired) electrons. The number of hydrogen-bond acceptors (Lipinski definition) is 3. The van der Waals surface area contributed by atoms with Crippen LogP contribution in [0.2, 0.25) is 0 Å². The molecule has 3 N–H and O–H groups in total. The summed E-state index contributed by atoms with van der Waals surface area (Å²) in [5.41, 5.74) is 5.52. The second-order valence-corrected chi connectivity index (χ2v) is 6.35. The standard InChI is InChI=1S/C13H28N2OS.ClH/c1-11(2)9-13(3,10-14)15-12(16)7-5-6-8-17-4;/h11H,5-10,14H2,1-4H3,(H,15,16);1H. The summed E-state index contributed by atoms with van der Waals surface area (Å²) in [5.74, 6) is 1.81. The van der Waals surface area contributed by atoms with E-state index in [0.29, 0.717) is 18.9 Å². The van der Waals surface area contributed by atoms with Gasteiger partial charge in [-0.2, -0.15) is 11.8 Å². The van der Waals surface area contributed by atoms with E-state index in [2.05, 4.69) is 25.4 Å². The number of carbonyl (C=O) groups excluding carboxylic acids is 1. The molecule has 0 rings (SSSR count). The summed E-state index contributed by atoms with van der Waals surface area (Å²) >= 11 is 1.83. The van der Waals surface area contributed by atoms with Gasteiger partial charge in [-0.05, 0) is 44.1 Å². The van der Waals surface area contributed by atoms with E-state index in [0.717, 1.165) is 25.0 Å². The summed E-state index contributed by atoms with van der Waals surface area (Å²) < 4.78 is 0. The molecular weight excluding hydrogens is 268 g/mol. The van der Waals surface area contributed by atoms with E-state index in [4.69, 9.17) is 5.73 Å². The minimum Gasteiger partial charge on any atom is -0.350 e. The van der Waals surface area contributed by atoms with E-state index < -0.39 is 0 Å². The lowest BCUT2D eigenvalue weighted by Crippen LogP contribution is -2.52. The Bertz CT molecular complexity index is 227. The van der Waals surface area contributed by atoms with E-state index in [1.165, 1.54) is 0 Å². The van der Waals surface area contributed by atoms with Crippen molar-refractivity contribution in [2.24, 2.45) is 11.7 Å². The lowest BCUT2D eigenvalue weighted by atomic mass is 9.90. The Kier molecular flexibility index (Phi) is 12.4. The molecule has 0 aromatic heterocycles. The topological polar surface area (TPSA) is 55.1 Å². The Morgan fingerprint density at radius 3 is 2.44 bits per heavy atom. The number of nitrogens with two attached hydrogens (primary N) is 1. The SMILES string of the molecule is CSCCCCC(=O)NC(C)(CN)CC(C)C.Cl. The van der Waals surface area contributed by atoms with Crippen molar-refractivity contribution in [2.45, 2.75) is 52.0 Å². The summed E-state index contributed by atoms with van der Waals surface area (Å²) in [6.07, 6.45) is 5.72. The van der Waals surface area contributed by atoms with Crippen molar-refractivity contribution in [3.8, 4) is 0 Å². The predicted molar refractivity (Wildman–Crippen MR) is 84.5 cm³/mol. The molecule has 0 saturated heterocycles. The van der Waals surface area contributed by atoms with Crippen molar-refractivity contribution < 1.29 is 4.79 Å². The lowest BCUT2D eigenvalue weighted by molar-refractivity contribution is -0.123. The van der Waals surface area contributed by atoms with Crippen molar-refractivity contribution in [1.82, 2.24) is 5.32 Å². The van der Waals surface area contributed by atoms with Crippen molar-refractivity contribution in [2.75, 3.05) is 18.6 Å². The van der Waals surface area contributed by atoms with Gasteiger partial charge in [0.15, 0.2) is 0 Å². The van der Waals surface area contributed by atoms with Crippen LogP contribution in [-0.4, -0.2) is 30.0 Å². The molecule has 0 fully saturated rings. The average molecular weight is 297 g/mol. The fraction of sp³-hybridized carbons (Fsp3) is 0.923.